The van der Waals surface area contributed by atoms with Crippen LogP contribution in [0.2, 0.25) is 5.02 Å². The molecular weight excluding hydrogens is 348 g/mol. The van der Waals surface area contributed by atoms with Crippen molar-refractivity contribution in [1.82, 2.24) is 0 Å². The van der Waals surface area contributed by atoms with Crippen molar-refractivity contribution >= 4 is 34.8 Å². The summed E-state index contributed by atoms with van der Waals surface area (Å²) < 4.78 is 0. The number of nitrogens with one attached hydrogen (secondary N) is 1. The molecule has 136 valence electrons. The second-order valence-corrected chi connectivity index (χ2v) is 8.08. The molecule has 0 aromatic heterocycles. The number of anilines is 2. The second kappa shape index (κ2) is 7.12. The molecule has 4 nitrogen and oxygen atoms in total. The first-order chi connectivity index (χ1) is 12.3. The lowest BCUT2D eigenvalue weighted by Gasteiger charge is -2.20. The Bertz CT molecular complexity index is 825. The Balaban J connectivity index is 1.68. The molecule has 1 saturated heterocycles. The molecule has 0 radical (unpaired) electrons. The fourth-order valence-electron chi connectivity index (χ4n) is 3.08. The summed E-state index contributed by atoms with van der Waals surface area (Å²) in [6.45, 7) is 6.78. The molecule has 2 aromatic carbocycles. The molecule has 2 amide bonds. The summed E-state index contributed by atoms with van der Waals surface area (Å²) in [4.78, 5) is 26.5. The smallest absolute Gasteiger partial charge is 0.229 e. The predicted molar refractivity (Wildman–Crippen MR) is 106 cm³/mol. The van der Waals surface area contributed by atoms with Gasteiger partial charge in [-0.25, -0.2) is 0 Å². The molecule has 1 atom stereocenters. The fourth-order valence-corrected chi connectivity index (χ4v) is 3.32. The molecule has 2 aromatic rings. The highest BCUT2D eigenvalue weighted by Gasteiger charge is 2.35. The van der Waals surface area contributed by atoms with Gasteiger partial charge in [-0.3, -0.25) is 9.59 Å². The van der Waals surface area contributed by atoms with Crippen LogP contribution in [0.15, 0.2) is 48.5 Å². The topological polar surface area (TPSA) is 49.4 Å². The van der Waals surface area contributed by atoms with Gasteiger partial charge in [0, 0.05) is 18.7 Å². The third-order valence-electron chi connectivity index (χ3n) is 4.66. The minimum atomic E-state index is -0.388. The number of hydrogen-bond donors (Lipinski definition) is 1. The highest BCUT2D eigenvalue weighted by atomic mass is 35.5. The molecule has 0 bridgehead atoms. The van der Waals surface area contributed by atoms with Crippen molar-refractivity contribution in [3.8, 4) is 0 Å². The molecule has 0 spiro atoms. The first-order valence-corrected chi connectivity index (χ1v) is 9.10. The Hall–Kier alpha value is -2.33. The quantitative estimate of drug-likeness (QED) is 0.856. The number of carbonyl (C=O) groups is 2. The average molecular weight is 371 g/mol. The predicted octanol–water partition coefficient (Wildman–Crippen LogP) is 4.63. The number of halogens is 1. The van der Waals surface area contributed by atoms with E-state index in [9.17, 15) is 9.59 Å². The van der Waals surface area contributed by atoms with Crippen LogP contribution in [-0.4, -0.2) is 18.4 Å². The maximum absolute atomic E-state index is 12.6. The lowest BCUT2D eigenvalue weighted by molar-refractivity contribution is -0.122. The van der Waals surface area contributed by atoms with Gasteiger partial charge in [0.05, 0.1) is 16.6 Å². The summed E-state index contributed by atoms with van der Waals surface area (Å²) in [6.07, 6.45) is 0.192. The third kappa shape index (κ3) is 3.91. The van der Waals surface area contributed by atoms with Gasteiger partial charge >= 0.3 is 0 Å². The standard InChI is InChI=1S/C21H23ClN2O2/c1-21(2,3)15-8-10-16(11-9-15)23-20(26)14-12-19(25)24(13-14)18-7-5-4-6-17(18)22/h4-11,14H,12-13H2,1-3H3,(H,23,26)/t14-/m1/s1. The molecule has 1 aliphatic rings. The number of hydrogen-bond acceptors (Lipinski definition) is 2. The summed E-state index contributed by atoms with van der Waals surface area (Å²) in [5, 5.41) is 3.43. The molecule has 0 aliphatic carbocycles. The number of carbonyl (C=O) groups excluding carboxylic acids is 2. The van der Waals surface area contributed by atoms with Crippen molar-refractivity contribution < 1.29 is 9.59 Å². The van der Waals surface area contributed by atoms with Crippen LogP contribution in [0.4, 0.5) is 11.4 Å². The number of amides is 2. The summed E-state index contributed by atoms with van der Waals surface area (Å²) in [5.74, 6) is -0.612. The van der Waals surface area contributed by atoms with E-state index < -0.39 is 0 Å². The Morgan fingerprint density at radius 3 is 2.38 bits per heavy atom. The van der Waals surface area contributed by atoms with Crippen LogP contribution >= 0.6 is 11.6 Å². The summed E-state index contributed by atoms with van der Waals surface area (Å²) in [7, 11) is 0. The van der Waals surface area contributed by atoms with E-state index in [1.165, 1.54) is 5.56 Å². The summed E-state index contributed by atoms with van der Waals surface area (Å²) >= 11 is 6.18. The Morgan fingerprint density at radius 1 is 1.12 bits per heavy atom. The van der Waals surface area contributed by atoms with Crippen molar-refractivity contribution in [2.75, 3.05) is 16.8 Å². The van der Waals surface area contributed by atoms with E-state index >= 15 is 0 Å². The molecule has 3 rings (SSSR count). The Morgan fingerprint density at radius 2 is 1.77 bits per heavy atom. The number of para-hydroxylation sites is 1. The molecule has 1 N–H and O–H groups in total. The SMILES string of the molecule is CC(C)(C)c1ccc(NC(=O)[C@@H]2CC(=O)N(c3ccccc3Cl)C2)cc1. The van der Waals surface area contributed by atoms with E-state index in [-0.39, 0.29) is 29.6 Å². The normalized spacial score (nSPS) is 17.5. The maximum atomic E-state index is 12.6. The van der Waals surface area contributed by atoms with E-state index in [1.807, 2.05) is 36.4 Å². The minimum Gasteiger partial charge on any atom is -0.326 e. The van der Waals surface area contributed by atoms with E-state index in [4.69, 9.17) is 11.6 Å². The van der Waals surface area contributed by atoms with Crippen molar-refractivity contribution in [3.63, 3.8) is 0 Å². The number of nitrogens with zero attached hydrogens (tertiary/aromatic N) is 1. The third-order valence-corrected chi connectivity index (χ3v) is 4.98. The molecule has 0 saturated carbocycles. The number of rotatable bonds is 3. The van der Waals surface area contributed by atoms with E-state index in [0.29, 0.717) is 17.3 Å². The van der Waals surface area contributed by atoms with Gasteiger partial charge in [0.15, 0.2) is 0 Å². The van der Waals surface area contributed by atoms with E-state index in [0.717, 1.165) is 5.69 Å². The maximum Gasteiger partial charge on any atom is 0.229 e. The van der Waals surface area contributed by atoms with Gasteiger partial charge in [-0.15, -0.1) is 0 Å². The monoisotopic (exact) mass is 370 g/mol. The van der Waals surface area contributed by atoms with Gasteiger partial charge in [-0.05, 0) is 35.2 Å². The van der Waals surface area contributed by atoms with Gasteiger partial charge in [-0.2, -0.15) is 0 Å². The average Bonchev–Trinajstić information content (AvgIpc) is 2.97. The Kier molecular flexibility index (Phi) is 5.05. The summed E-state index contributed by atoms with van der Waals surface area (Å²) in [6, 6.07) is 15.0. The van der Waals surface area contributed by atoms with Crippen LogP contribution < -0.4 is 10.2 Å². The molecule has 1 aliphatic heterocycles. The molecular formula is C21H23ClN2O2. The van der Waals surface area contributed by atoms with Gasteiger partial charge in [-0.1, -0.05) is 56.6 Å². The lowest BCUT2D eigenvalue weighted by Crippen LogP contribution is -2.28. The molecule has 1 heterocycles. The molecule has 0 unspecified atom stereocenters. The fraction of sp³-hybridized carbons (Fsp3) is 0.333. The first kappa shape index (κ1) is 18.5. The van der Waals surface area contributed by atoms with Crippen LogP contribution in [0, 0.1) is 5.92 Å². The van der Waals surface area contributed by atoms with E-state index in [1.54, 1.807) is 17.0 Å². The van der Waals surface area contributed by atoms with Crippen LogP contribution in [0.5, 0.6) is 0 Å². The zero-order chi connectivity index (χ0) is 18.9. The molecule has 26 heavy (non-hydrogen) atoms. The van der Waals surface area contributed by atoms with Gasteiger partial charge in [0.2, 0.25) is 11.8 Å². The van der Waals surface area contributed by atoms with Crippen molar-refractivity contribution in [3.05, 3.63) is 59.1 Å². The van der Waals surface area contributed by atoms with Gasteiger partial charge in [0.1, 0.15) is 0 Å². The number of benzene rings is 2. The van der Waals surface area contributed by atoms with Crippen LogP contribution in [0.1, 0.15) is 32.8 Å². The first-order valence-electron chi connectivity index (χ1n) is 8.72. The zero-order valence-electron chi connectivity index (χ0n) is 15.3. The molecule has 1 fully saturated rings. The Labute approximate surface area is 159 Å². The van der Waals surface area contributed by atoms with Gasteiger partial charge < -0.3 is 10.2 Å². The summed E-state index contributed by atoms with van der Waals surface area (Å²) in [5.41, 5.74) is 2.67. The highest BCUT2D eigenvalue weighted by Crippen LogP contribution is 2.31. The van der Waals surface area contributed by atoms with E-state index in [2.05, 4.69) is 26.1 Å². The lowest BCUT2D eigenvalue weighted by atomic mass is 9.87. The van der Waals surface area contributed by atoms with Crippen LogP contribution in [0.3, 0.4) is 0 Å². The minimum absolute atomic E-state index is 0.0653. The molecule has 5 heteroatoms. The van der Waals surface area contributed by atoms with Crippen LogP contribution in [-0.2, 0) is 15.0 Å². The largest absolute Gasteiger partial charge is 0.326 e. The van der Waals surface area contributed by atoms with Gasteiger partial charge in [0.25, 0.3) is 0 Å². The van der Waals surface area contributed by atoms with Crippen molar-refractivity contribution in [2.24, 2.45) is 5.92 Å². The highest BCUT2D eigenvalue weighted by molar-refractivity contribution is 6.33. The zero-order valence-corrected chi connectivity index (χ0v) is 16.0. The van der Waals surface area contributed by atoms with Crippen molar-refractivity contribution in [2.45, 2.75) is 32.6 Å². The van der Waals surface area contributed by atoms with Crippen molar-refractivity contribution in [1.29, 1.82) is 0 Å². The van der Waals surface area contributed by atoms with Crippen LogP contribution in [0.25, 0.3) is 0 Å². The second-order valence-electron chi connectivity index (χ2n) is 7.67.